The van der Waals surface area contributed by atoms with Crippen LogP contribution in [0.25, 0.3) is 11.0 Å². The lowest BCUT2D eigenvalue weighted by Gasteiger charge is -2.22. The third-order valence-corrected chi connectivity index (χ3v) is 3.41. The fourth-order valence-corrected chi connectivity index (χ4v) is 2.30. The number of furan rings is 2. The number of amides is 1. The van der Waals surface area contributed by atoms with Gasteiger partial charge in [-0.05, 0) is 31.2 Å². The average molecular weight is 299 g/mol. The largest absolute Gasteiger partial charge is 0.469 e. The van der Waals surface area contributed by atoms with E-state index in [4.69, 9.17) is 8.83 Å². The van der Waals surface area contributed by atoms with E-state index in [-0.39, 0.29) is 18.2 Å². The van der Waals surface area contributed by atoms with Crippen molar-refractivity contribution < 1.29 is 18.7 Å². The molecule has 0 bridgehead atoms. The maximum atomic E-state index is 12.1. The average Bonchev–Trinajstić information content (AvgIpc) is 3.13. The molecule has 0 aliphatic carbocycles. The van der Waals surface area contributed by atoms with Gasteiger partial charge in [-0.25, -0.2) is 0 Å². The Kier molecular flexibility index (Phi) is 3.73. The van der Waals surface area contributed by atoms with Crippen molar-refractivity contribution in [3.63, 3.8) is 0 Å². The molecule has 0 aliphatic heterocycles. The number of fused-ring (bicyclic) bond motifs is 1. The van der Waals surface area contributed by atoms with E-state index in [9.17, 15) is 9.90 Å². The Morgan fingerprint density at radius 1 is 1.27 bits per heavy atom. The van der Waals surface area contributed by atoms with Crippen LogP contribution in [0.5, 0.6) is 0 Å². The Bertz CT molecular complexity index is 738. The Morgan fingerprint density at radius 3 is 2.82 bits per heavy atom. The molecule has 3 rings (SSSR count). The van der Waals surface area contributed by atoms with Gasteiger partial charge in [-0.15, -0.1) is 0 Å². The van der Waals surface area contributed by atoms with Crippen LogP contribution < -0.4 is 5.32 Å². The summed E-state index contributed by atoms with van der Waals surface area (Å²) in [4.78, 5) is 12.1. The standard InChI is InChI=1S/C17H17NO4/c1-17(20,10-13-6-4-8-21-13)11-18-16(19)15-9-12-5-2-3-7-14(12)22-15/h2-9,20H,10-11H2,1H3,(H,18,19). The van der Waals surface area contributed by atoms with E-state index in [2.05, 4.69) is 5.32 Å². The minimum absolute atomic E-state index is 0.101. The van der Waals surface area contributed by atoms with E-state index >= 15 is 0 Å². The van der Waals surface area contributed by atoms with Gasteiger partial charge in [0.25, 0.3) is 5.91 Å². The number of carbonyl (C=O) groups is 1. The summed E-state index contributed by atoms with van der Waals surface area (Å²) in [5.74, 6) is 0.550. The summed E-state index contributed by atoms with van der Waals surface area (Å²) in [5.41, 5.74) is -0.436. The molecule has 3 aromatic rings. The van der Waals surface area contributed by atoms with E-state index in [1.807, 2.05) is 18.2 Å². The topological polar surface area (TPSA) is 75.6 Å². The highest BCUT2D eigenvalue weighted by atomic mass is 16.3. The molecule has 2 heterocycles. The molecule has 1 unspecified atom stereocenters. The first-order valence-corrected chi connectivity index (χ1v) is 7.05. The number of nitrogens with one attached hydrogen (secondary N) is 1. The minimum atomic E-state index is -1.10. The molecule has 0 saturated carbocycles. The molecule has 2 aromatic heterocycles. The Hall–Kier alpha value is -2.53. The van der Waals surface area contributed by atoms with Crippen molar-refractivity contribution in [2.24, 2.45) is 0 Å². The van der Waals surface area contributed by atoms with Crippen molar-refractivity contribution in [1.29, 1.82) is 0 Å². The highest BCUT2D eigenvalue weighted by Gasteiger charge is 2.24. The summed E-state index contributed by atoms with van der Waals surface area (Å²) in [6, 6.07) is 12.6. The van der Waals surface area contributed by atoms with Crippen LogP contribution in [0.1, 0.15) is 23.2 Å². The van der Waals surface area contributed by atoms with Gasteiger partial charge >= 0.3 is 0 Å². The third kappa shape index (κ3) is 3.20. The maximum absolute atomic E-state index is 12.1. The van der Waals surface area contributed by atoms with Crippen LogP contribution in [0.3, 0.4) is 0 Å². The van der Waals surface area contributed by atoms with Crippen molar-refractivity contribution in [3.8, 4) is 0 Å². The van der Waals surface area contributed by atoms with Crippen LogP contribution in [0.15, 0.2) is 57.6 Å². The molecular weight excluding hydrogens is 282 g/mol. The lowest BCUT2D eigenvalue weighted by atomic mass is 10.0. The van der Waals surface area contributed by atoms with Crippen LogP contribution in [-0.2, 0) is 6.42 Å². The van der Waals surface area contributed by atoms with Gasteiger partial charge in [-0.3, -0.25) is 4.79 Å². The number of hydrogen-bond acceptors (Lipinski definition) is 4. The van der Waals surface area contributed by atoms with Crippen molar-refractivity contribution in [1.82, 2.24) is 5.32 Å². The molecule has 0 aliphatic rings. The summed E-state index contributed by atoms with van der Waals surface area (Å²) >= 11 is 0. The zero-order chi connectivity index (χ0) is 15.6. The van der Waals surface area contributed by atoms with E-state index in [1.165, 1.54) is 0 Å². The molecule has 5 heteroatoms. The van der Waals surface area contributed by atoms with Crippen LogP contribution in [-0.4, -0.2) is 23.2 Å². The molecule has 1 aromatic carbocycles. The normalized spacial score (nSPS) is 13.9. The molecule has 0 radical (unpaired) electrons. The quantitative estimate of drug-likeness (QED) is 0.759. The van der Waals surface area contributed by atoms with Crippen molar-refractivity contribution in [3.05, 3.63) is 60.2 Å². The van der Waals surface area contributed by atoms with E-state index in [1.54, 1.807) is 37.5 Å². The van der Waals surface area contributed by atoms with Gasteiger partial charge in [0.05, 0.1) is 11.9 Å². The number of carbonyl (C=O) groups excluding carboxylic acids is 1. The van der Waals surface area contributed by atoms with Crippen LogP contribution in [0.2, 0.25) is 0 Å². The Morgan fingerprint density at radius 2 is 2.09 bits per heavy atom. The van der Waals surface area contributed by atoms with Gasteiger partial charge < -0.3 is 19.3 Å². The molecular formula is C17H17NO4. The highest BCUT2D eigenvalue weighted by Crippen LogP contribution is 2.19. The molecule has 114 valence electrons. The van der Waals surface area contributed by atoms with Gasteiger partial charge in [0.15, 0.2) is 5.76 Å². The van der Waals surface area contributed by atoms with Gasteiger partial charge in [0.2, 0.25) is 0 Å². The van der Waals surface area contributed by atoms with Crippen molar-refractivity contribution in [2.45, 2.75) is 18.9 Å². The molecule has 0 saturated heterocycles. The fourth-order valence-electron chi connectivity index (χ4n) is 2.30. The second kappa shape index (κ2) is 5.69. The number of para-hydroxylation sites is 1. The summed E-state index contributed by atoms with van der Waals surface area (Å²) in [5, 5.41) is 13.9. The number of hydrogen-bond donors (Lipinski definition) is 2. The molecule has 2 N–H and O–H groups in total. The van der Waals surface area contributed by atoms with Gasteiger partial charge in [0, 0.05) is 18.4 Å². The lowest BCUT2D eigenvalue weighted by Crippen LogP contribution is -2.42. The first-order chi connectivity index (χ1) is 10.5. The predicted molar refractivity (Wildman–Crippen MR) is 81.6 cm³/mol. The highest BCUT2D eigenvalue weighted by molar-refractivity contribution is 5.96. The fraction of sp³-hybridized carbons (Fsp3) is 0.235. The van der Waals surface area contributed by atoms with E-state index in [0.717, 1.165) is 5.39 Å². The predicted octanol–water partition coefficient (Wildman–Crippen LogP) is 2.75. The van der Waals surface area contributed by atoms with Crippen molar-refractivity contribution >= 4 is 16.9 Å². The summed E-state index contributed by atoms with van der Waals surface area (Å²) in [7, 11) is 0. The summed E-state index contributed by atoms with van der Waals surface area (Å²) in [6.07, 6.45) is 1.87. The van der Waals surface area contributed by atoms with Crippen LogP contribution >= 0.6 is 0 Å². The van der Waals surface area contributed by atoms with Gasteiger partial charge in [-0.2, -0.15) is 0 Å². The molecule has 5 nitrogen and oxygen atoms in total. The van der Waals surface area contributed by atoms with E-state index < -0.39 is 5.60 Å². The molecule has 0 fully saturated rings. The summed E-state index contributed by atoms with van der Waals surface area (Å²) < 4.78 is 10.7. The third-order valence-electron chi connectivity index (χ3n) is 3.41. The Balaban J connectivity index is 1.64. The Labute approximate surface area is 127 Å². The SMILES string of the molecule is CC(O)(CNC(=O)c1cc2ccccc2o1)Cc1ccco1. The minimum Gasteiger partial charge on any atom is -0.469 e. The molecule has 1 atom stereocenters. The summed E-state index contributed by atoms with van der Waals surface area (Å²) in [6.45, 7) is 1.75. The maximum Gasteiger partial charge on any atom is 0.287 e. The molecule has 1 amide bonds. The van der Waals surface area contributed by atoms with Gasteiger partial charge in [0.1, 0.15) is 11.3 Å². The zero-order valence-electron chi connectivity index (χ0n) is 12.2. The van der Waals surface area contributed by atoms with E-state index in [0.29, 0.717) is 17.8 Å². The van der Waals surface area contributed by atoms with Crippen LogP contribution in [0.4, 0.5) is 0 Å². The molecule has 22 heavy (non-hydrogen) atoms. The van der Waals surface area contributed by atoms with Gasteiger partial charge in [-0.1, -0.05) is 18.2 Å². The first-order valence-electron chi connectivity index (χ1n) is 7.05. The second-order valence-electron chi connectivity index (χ2n) is 5.58. The van der Waals surface area contributed by atoms with Crippen molar-refractivity contribution in [2.75, 3.05) is 6.54 Å². The lowest BCUT2D eigenvalue weighted by molar-refractivity contribution is 0.0504. The monoisotopic (exact) mass is 299 g/mol. The molecule has 0 spiro atoms. The number of aliphatic hydroxyl groups is 1. The smallest absolute Gasteiger partial charge is 0.287 e. The van der Waals surface area contributed by atoms with Crippen LogP contribution in [0, 0.1) is 0 Å². The number of rotatable bonds is 5. The first kappa shape index (κ1) is 14.4. The zero-order valence-corrected chi connectivity index (χ0v) is 12.2. The number of benzene rings is 1. The second-order valence-corrected chi connectivity index (χ2v) is 5.58.